The Morgan fingerprint density at radius 1 is 1.28 bits per heavy atom. The molecule has 1 aromatic rings. The summed E-state index contributed by atoms with van der Waals surface area (Å²) in [5.41, 5.74) is -1.19. The van der Waals surface area contributed by atoms with E-state index < -0.39 is 46.5 Å². The third kappa shape index (κ3) is 4.57. The highest BCUT2D eigenvalue weighted by Gasteiger charge is 2.47. The van der Waals surface area contributed by atoms with Crippen molar-refractivity contribution in [2.45, 2.75) is 50.0 Å². The van der Waals surface area contributed by atoms with E-state index in [-0.39, 0.29) is 19.4 Å². The van der Waals surface area contributed by atoms with E-state index in [0.717, 1.165) is 0 Å². The van der Waals surface area contributed by atoms with Gasteiger partial charge in [0.2, 0.25) is 0 Å². The molecule has 9 nitrogen and oxygen atoms in total. The fourth-order valence-electron chi connectivity index (χ4n) is 2.33. The molecule has 0 amide bonds. The van der Waals surface area contributed by atoms with Crippen LogP contribution < -0.4 is 11.2 Å². The minimum absolute atomic E-state index is 0.120. The molecule has 1 aliphatic rings. The summed E-state index contributed by atoms with van der Waals surface area (Å²) < 4.78 is 17.4. The van der Waals surface area contributed by atoms with Crippen molar-refractivity contribution in [2.24, 2.45) is 0 Å². The Hall–Kier alpha value is -1.94. The molecular weight excluding hydrogens is 400 g/mol. The number of nitrogens with zero attached hydrogens (tertiary/aromatic N) is 1. The topological polar surface area (TPSA) is 117 Å². The number of H-pyrrole nitrogens is 1. The lowest BCUT2D eigenvalue weighted by Crippen LogP contribution is -2.37. The molecule has 0 aliphatic carbocycles. The smallest absolute Gasteiger partial charge is 0.330 e. The predicted molar refractivity (Wildman–Crippen MR) is 89.4 cm³/mol. The number of rotatable bonds is 6. The van der Waals surface area contributed by atoms with Crippen molar-refractivity contribution in [2.75, 3.05) is 6.61 Å². The van der Waals surface area contributed by atoms with E-state index >= 15 is 0 Å². The van der Waals surface area contributed by atoms with Crippen LogP contribution in [-0.4, -0.2) is 45.1 Å². The van der Waals surface area contributed by atoms with Gasteiger partial charge in [-0.3, -0.25) is 23.9 Å². The summed E-state index contributed by atoms with van der Waals surface area (Å²) >= 11 is 3.39. The Bertz CT molecular complexity index is 744. The van der Waals surface area contributed by atoms with Crippen molar-refractivity contribution >= 4 is 27.9 Å². The van der Waals surface area contributed by atoms with Crippen molar-refractivity contribution in [3.05, 3.63) is 33.1 Å². The highest BCUT2D eigenvalue weighted by molar-refractivity contribution is 9.09. The Morgan fingerprint density at radius 3 is 2.56 bits per heavy atom. The van der Waals surface area contributed by atoms with E-state index in [1.807, 2.05) is 0 Å². The lowest BCUT2D eigenvalue weighted by atomic mass is 10.2. The molecule has 1 N–H and O–H groups in total. The van der Waals surface area contributed by atoms with Crippen LogP contribution in [0.3, 0.4) is 0 Å². The quantitative estimate of drug-likeness (QED) is 0.526. The number of carbonyl (C=O) groups is 2. The molecule has 1 aliphatic heterocycles. The van der Waals surface area contributed by atoms with Gasteiger partial charge in [0.1, 0.15) is 18.8 Å². The van der Waals surface area contributed by atoms with Gasteiger partial charge in [0, 0.05) is 25.1 Å². The summed E-state index contributed by atoms with van der Waals surface area (Å²) in [7, 11) is 0. The van der Waals surface area contributed by atoms with Crippen LogP contribution in [-0.2, 0) is 23.8 Å². The standard InChI is InChI=1S/C15H19BrN2O7/c1-3-10(20)23-7-8-13(25-11(21)4-2)12(16)14(24-8)18-6-5-9(19)17-15(18)22/h5-6,8,12-14H,3-4,7H2,1-2H3,(H,17,19,22)/t8-,12-,13-,14-/m1/s1. The molecule has 1 aromatic heterocycles. The number of hydrogen-bond acceptors (Lipinski definition) is 7. The molecule has 0 bridgehead atoms. The number of esters is 2. The first-order valence-corrected chi connectivity index (χ1v) is 8.75. The van der Waals surface area contributed by atoms with Crippen LogP contribution in [0.25, 0.3) is 0 Å². The largest absolute Gasteiger partial charge is 0.463 e. The maximum absolute atomic E-state index is 12.0. The first-order valence-electron chi connectivity index (χ1n) is 7.83. The number of carbonyl (C=O) groups excluding carboxylic acids is 2. The summed E-state index contributed by atoms with van der Waals surface area (Å²) in [5, 5.41) is 0. The van der Waals surface area contributed by atoms with Crippen LogP contribution in [0, 0.1) is 0 Å². The van der Waals surface area contributed by atoms with Crippen molar-refractivity contribution in [3.8, 4) is 0 Å². The van der Waals surface area contributed by atoms with Gasteiger partial charge in [-0.25, -0.2) is 4.79 Å². The van der Waals surface area contributed by atoms with E-state index in [1.54, 1.807) is 13.8 Å². The highest BCUT2D eigenvalue weighted by atomic mass is 79.9. The van der Waals surface area contributed by atoms with E-state index in [0.29, 0.717) is 0 Å². The van der Waals surface area contributed by atoms with Crippen molar-refractivity contribution in [1.82, 2.24) is 9.55 Å². The predicted octanol–water partition coefficient (Wildman–Crippen LogP) is 0.472. The monoisotopic (exact) mass is 418 g/mol. The molecule has 2 heterocycles. The molecule has 4 atom stereocenters. The van der Waals surface area contributed by atoms with Gasteiger partial charge in [-0.15, -0.1) is 0 Å². The second-order valence-electron chi connectivity index (χ2n) is 5.37. The van der Waals surface area contributed by atoms with E-state index in [9.17, 15) is 19.2 Å². The lowest BCUT2D eigenvalue weighted by molar-refractivity contribution is -0.157. The number of nitrogens with one attached hydrogen (secondary N) is 1. The minimum atomic E-state index is -0.843. The molecule has 0 radical (unpaired) electrons. The van der Waals surface area contributed by atoms with Crippen LogP contribution >= 0.6 is 15.9 Å². The Balaban J connectivity index is 2.25. The summed E-state index contributed by atoms with van der Waals surface area (Å²) in [6.07, 6.45) is -0.697. The number of hydrogen-bond donors (Lipinski definition) is 1. The molecule has 2 rings (SSSR count). The fraction of sp³-hybridized carbons (Fsp3) is 0.600. The molecule has 0 spiro atoms. The minimum Gasteiger partial charge on any atom is -0.463 e. The van der Waals surface area contributed by atoms with Gasteiger partial charge in [0.25, 0.3) is 5.56 Å². The Morgan fingerprint density at radius 2 is 1.96 bits per heavy atom. The fourth-order valence-corrected chi connectivity index (χ4v) is 3.16. The van der Waals surface area contributed by atoms with Crippen molar-refractivity contribution in [1.29, 1.82) is 0 Å². The molecule has 10 heteroatoms. The number of alkyl halides is 1. The third-order valence-electron chi connectivity index (χ3n) is 3.65. The molecule has 138 valence electrons. The van der Waals surface area contributed by atoms with Crippen LogP contribution in [0.15, 0.2) is 21.9 Å². The maximum atomic E-state index is 12.0. The molecule has 1 fully saturated rings. The molecule has 1 saturated heterocycles. The molecular formula is C15H19BrN2O7. The number of halogens is 1. The zero-order valence-corrected chi connectivity index (χ0v) is 15.4. The van der Waals surface area contributed by atoms with Gasteiger partial charge in [-0.1, -0.05) is 29.8 Å². The van der Waals surface area contributed by atoms with Gasteiger partial charge in [-0.05, 0) is 0 Å². The summed E-state index contributed by atoms with van der Waals surface area (Å²) in [6, 6.07) is 1.18. The van der Waals surface area contributed by atoms with Gasteiger partial charge in [0.05, 0.1) is 4.83 Å². The zero-order chi connectivity index (χ0) is 18.6. The SMILES string of the molecule is CCC(=O)OC[C@H]1O[C@@H](n2ccc(=O)[nH]c2=O)[C@H](Br)[C@@H]1OC(=O)CC. The van der Waals surface area contributed by atoms with Gasteiger partial charge >= 0.3 is 17.6 Å². The first kappa shape index (κ1) is 19.4. The zero-order valence-electron chi connectivity index (χ0n) is 13.8. The van der Waals surface area contributed by atoms with Crippen molar-refractivity contribution in [3.63, 3.8) is 0 Å². The van der Waals surface area contributed by atoms with Gasteiger partial charge < -0.3 is 14.2 Å². The third-order valence-corrected chi connectivity index (χ3v) is 4.62. The van der Waals surface area contributed by atoms with E-state index in [1.165, 1.54) is 16.8 Å². The number of aromatic amines is 1. The lowest BCUT2D eigenvalue weighted by Gasteiger charge is -2.20. The van der Waals surface area contributed by atoms with E-state index in [4.69, 9.17) is 14.2 Å². The van der Waals surface area contributed by atoms with Crippen LogP contribution in [0.5, 0.6) is 0 Å². The average Bonchev–Trinajstić information content (AvgIpc) is 2.88. The molecule has 0 saturated carbocycles. The normalized spacial score (nSPS) is 25.6. The highest BCUT2D eigenvalue weighted by Crippen LogP contribution is 2.36. The van der Waals surface area contributed by atoms with Crippen LogP contribution in [0.4, 0.5) is 0 Å². The van der Waals surface area contributed by atoms with Crippen LogP contribution in [0.1, 0.15) is 32.9 Å². The summed E-state index contributed by atoms with van der Waals surface area (Å²) in [6.45, 7) is 3.19. The summed E-state index contributed by atoms with van der Waals surface area (Å²) in [5.74, 6) is -0.862. The summed E-state index contributed by atoms with van der Waals surface area (Å²) in [4.78, 5) is 47.8. The Kier molecular flexibility index (Phi) is 6.54. The molecule has 0 aromatic carbocycles. The molecule has 25 heavy (non-hydrogen) atoms. The average molecular weight is 419 g/mol. The Labute approximate surface area is 151 Å². The number of aromatic nitrogens is 2. The second-order valence-corrected chi connectivity index (χ2v) is 6.43. The van der Waals surface area contributed by atoms with E-state index in [2.05, 4.69) is 20.9 Å². The number of ether oxygens (including phenoxy) is 3. The molecule has 0 unspecified atom stereocenters. The first-order chi connectivity index (χ1) is 11.9. The van der Waals surface area contributed by atoms with Gasteiger partial charge in [0.15, 0.2) is 6.23 Å². The van der Waals surface area contributed by atoms with Gasteiger partial charge in [-0.2, -0.15) is 0 Å². The van der Waals surface area contributed by atoms with Crippen LogP contribution in [0.2, 0.25) is 0 Å². The maximum Gasteiger partial charge on any atom is 0.330 e. The second kappa shape index (κ2) is 8.43. The van der Waals surface area contributed by atoms with Crippen molar-refractivity contribution < 1.29 is 23.8 Å².